The van der Waals surface area contributed by atoms with Crippen molar-refractivity contribution in [2.75, 3.05) is 24.6 Å². The van der Waals surface area contributed by atoms with E-state index in [2.05, 4.69) is 0 Å². The third kappa shape index (κ3) is 3.92. The fourth-order valence-electron chi connectivity index (χ4n) is 3.36. The van der Waals surface area contributed by atoms with Crippen LogP contribution in [-0.4, -0.2) is 53.5 Å². The molecule has 1 atom stereocenters. The van der Waals surface area contributed by atoms with Crippen molar-refractivity contribution >= 4 is 23.5 Å². The molecule has 2 heterocycles. The van der Waals surface area contributed by atoms with E-state index in [1.54, 1.807) is 29.2 Å². The highest BCUT2D eigenvalue weighted by Crippen LogP contribution is 2.24. The second kappa shape index (κ2) is 7.55. The Kier molecular flexibility index (Phi) is 5.21. The molecule has 3 rings (SSSR count). The van der Waals surface area contributed by atoms with E-state index in [1.807, 2.05) is 0 Å². The van der Waals surface area contributed by atoms with Gasteiger partial charge in [-0.15, -0.1) is 0 Å². The number of anilines is 1. The largest absolute Gasteiger partial charge is 0.484 e. The van der Waals surface area contributed by atoms with Gasteiger partial charge in [-0.3, -0.25) is 9.59 Å². The predicted molar refractivity (Wildman–Crippen MR) is 90.5 cm³/mol. The van der Waals surface area contributed by atoms with Gasteiger partial charge in [-0.2, -0.15) is 0 Å². The number of carboxylic acids is 1. The van der Waals surface area contributed by atoms with Crippen LogP contribution in [0, 0.1) is 0 Å². The second-order valence-electron chi connectivity index (χ2n) is 6.37. The van der Waals surface area contributed by atoms with Gasteiger partial charge in [-0.25, -0.2) is 4.79 Å². The van der Waals surface area contributed by atoms with Crippen LogP contribution in [0.5, 0.6) is 5.75 Å². The molecule has 1 unspecified atom stereocenters. The van der Waals surface area contributed by atoms with E-state index in [-0.39, 0.29) is 18.4 Å². The number of amides is 2. The third-order valence-electron chi connectivity index (χ3n) is 4.69. The van der Waals surface area contributed by atoms with Gasteiger partial charge in [0.2, 0.25) is 5.91 Å². The van der Waals surface area contributed by atoms with E-state index in [4.69, 9.17) is 4.74 Å². The van der Waals surface area contributed by atoms with Crippen molar-refractivity contribution in [3.63, 3.8) is 0 Å². The number of carbonyl (C=O) groups is 3. The number of hydrogen-bond acceptors (Lipinski definition) is 4. The molecule has 2 fully saturated rings. The average molecular weight is 346 g/mol. The Morgan fingerprint density at radius 3 is 2.52 bits per heavy atom. The molecule has 0 radical (unpaired) electrons. The Balaban J connectivity index is 1.56. The first kappa shape index (κ1) is 17.3. The molecule has 2 aliphatic rings. The van der Waals surface area contributed by atoms with Gasteiger partial charge in [0, 0.05) is 25.2 Å². The smallest absolute Gasteiger partial charge is 0.326 e. The molecule has 0 aromatic heterocycles. The van der Waals surface area contributed by atoms with Gasteiger partial charge in [-0.05, 0) is 49.9 Å². The number of nitrogens with zero attached hydrogens (tertiary/aromatic N) is 2. The standard InChI is InChI=1S/C18H22N2O5/c21-16-5-3-11-19(16)13-6-8-14(9-7-13)25-12-17(22)20-10-2-1-4-15(20)18(23)24/h6-9,15H,1-5,10-12H2,(H,23,24). The maximum atomic E-state index is 12.3. The lowest BCUT2D eigenvalue weighted by atomic mass is 10.0. The molecule has 7 nitrogen and oxygen atoms in total. The van der Waals surface area contributed by atoms with Gasteiger partial charge in [0.15, 0.2) is 6.61 Å². The summed E-state index contributed by atoms with van der Waals surface area (Å²) in [6.07, 6.45) is 3.56. The summed E-state index contributed by atoms with van der Waals surface area (Å²) in [7, 11) is 0. The van der Waals surface area contributed by atoms with Crippen molar-refractivity contribution in [1.82, 2.24) is 4.90 Å². The highest BCUT2D eigenvalue weighted by molar-refractivity contribution is 5.95. The lowest BCUT2D eigenvalue weighted by Gasteiger charge is -2.32. The van der Waals surface area contributed by atoms with E-state index in [0.29, 0.717) is 25.1 Å². The zero-order valence-electron chi connectivity index (χ0n) is 14.0. The molecule has 1 aromatic carbocycles. The van der Waals surface area contributed by atoms with E-state index >= 15 is 0 Å². The predicted octanol–water partition coefficient (Wildman–Crippen LogP) is 1.66. The van der Waals surface area contributed by atoms with Crippen LogP contribution in [0.4, 0.5) is 5.69 Å². The number of aliphatic carboxylic acids is 1. The minimum Gasteiger partial charge on any atom is -0.484 e. The topological polar surface area (TPSA) is 87.2 Å². The van der Waals surface area contributed by atoms with E-state index in [0.717, 1.165) is 31.5 Å². The second-order valence-corrected chi connectivity index (χ2v) is 6.37. The summed E-state index contributed by atoms with van der Waals surface area (Å²) in [5.41, 5.74) is 0.822. The first-order valence-corrected chi connectivity index (χ1v) is 8.62. The molecule has 0 bridgehead atoms. The van der Waals surface area contributed by atoms with Crippen molar-refractivity contribution in [2.45, 2.75) is 38.1 Å². The van der Waals surface area contributed by atoms with Gasteiger partial charge in [0.25, 0.3) is 5.91 Å². The molecular weight excluding hydrogens is 324 g/mol. The third-order valence-corrected chi connectivity index (χ3v) is 4.69. The van der Waals surface area contributed by atoms with Gasteiger partial charge >= 0.3 is 5.97 Å². The van der Waals surface area contributed by atoms with Crippen LogP contribution in [0.25, 0.3) is 0 Å². The Labute approximate surface area is 146 Å². The van der Waals surface area contributed by atoms with Gasteiger partial charge in [0.05, 0.1) is 0 Å². The fourth-order valence-corrected chi connectivity index (χ4v) is 3.36. The first-order chi connectivity index (χ1) is 12.1. The quantitative estimate of drug-likeness (QED) is 0.876. The van der Waals surface area contributed by atoms with Crippen LogP contribution in [0.15, 0.2) is 24.3 Å². The first-order valence-electron chi connectivity index (χ1n) is 8.62. The molecule has 1 aromatic rings. The molecule has 0 saturated carbocycles. The van der Waals surface area contributed by atoms with Crippen LogP contribution >= 0.6 is 0 Å². The minimum absolute atomic E-state index is 0.119. The molecule has 0 aliphatic carbocycles. The zero-order chi connectivity index (χ0) is 17.8. The van der Waals surface area contributed by atoms with Crippen LogP contribution in [0.3, 0.4) is 0 Å². The average Bonchev–Trinajstić information content (AvgIpc) is 3.06. The summed E-state index contributed by atoms with van der Waals surface area (Å²) in [5, 5.41) is 9.23. The highest BCUT2D eigenvalue weighted by atomic mass is 16.5. The minimum atomic E-state index is -0.965. The van der Waals surface area contributed by atoms with Crippen LogP contribution in [0.1, 0.15) is 32.1 Å². The summed E-state index contributed by atoms with van der Waals surface area (Å²) in [4.78, 5) is 38.4. The van der Waals surface area contributed by atoms with Crippen molar-refractivity contribution in [1.29, 1.82) is 0 Å². The Morgan fingerprint density at radius 1 is 1.12 bits per heavy atom. The lowest BCUT2D eigenvalue weighted by Crippen LogP contribution is -2.49. The molecule has 2 saturated heterocycles. The molecule has 134 valence electrons. The molecule has 7 heteroatoms. The van der Waals surface area contributed by atoms with Gasteiger partial charge in [-0.1, -0.05) is 0 Å². The SMILES string of the molecule is O=C(O)C1CCCCN1C(=O)COc1ccc(N2CCCC2=O)cc1. The van der Waals surface area contributed by atoms with Crippen LogP contribution in [0.2, 0.25) is 0 Å². The normalized spacial score (nSPS) is 20.6. The van der Waals surface area contributed by atoms with Crippen molar-refractivity contribution in [3.05, 3.63) is 24.3 Å². The van der Waals surface area contributed by atoms with Gasteiger partial charge < -0.3 is 19.6 Å². The molecule has 0 spiro atoms. The molecular formula is C18H22N2O5. The summed E-state index contributed by atoms with van der Waals surface area (Å²) in [6, 6.07) is 6.28. The maximum absolute atomic E-state index is 12.3. The lowest BCUT2D eigenvalue weighted by molar-refractivity contribution is -0.152. The van der Waals surface area contributed by atoms with Crippen LogP contribution in [-0.2, 0) is 14.4 Å². The Hall–Kier alpha value is -2.57. The number of likely N-dealkylation sites (tertiary alicyclic amines) is 1. The van der Waals surface area contributed by atoms with Crippen LogP contribution < -0.4 is 9.64 Å². The number of rotatable bonds is 5. The van der Waals surface area contributed by atoms with Crippen molar-refractivity contribution in [2.24, 2.45) is 0 Å². The number of benzene rings is 1. The summed E-state index contributed by atoms with van der Waals surface area (Å²) in [5.74, 6) is -0.639. The molecule has 2 aliphatic heterocycles. The van der Waals surface area contributed by atoms with E-state index in [9.17, 15) is 19.5 Å². The summed E-state index contributed by atoms with van der Waals surface area (Å²) < 4.78 is 5.51. The van der Waals surface area contributed by atoms with Crippen molar-refractivity contribution in [3.8, 4) is 5.75 Å². The molecule has 1 N–H and O–H groups in total. The number of carbonyl (C=O) groups excluding carboxylic acids is 2. The number of hydrogen-bond donors (Lipinski definition) is 1. The maximum Gasteiger partial charge on any atom is 0.326 e. The van der Waals surface area contributed by atoms with E-state index < -0.39 is 12.0 Å². The Bertz CT molecular complexity index is 658. The Morgan fingerprint density at radius 2 is 1.88 bits per heavy atom. The molecule has 25 heavy (non-hydrogen) atoms. The number of carboxylic acid groups (broad SMARTS) is 1. The van der Waals surface area contributed by atoms with E-state index in [1.165, 1.54) is 4.90 Å². The molecule has 2 amide bonds. The number of ether oxygens (including phenoxy) is 1. The monoisotopic (exact) mass is 346 g/mol. The zero-order valence-corrected chi connectivity index (χ0v) is 14.0. The fraction of sp³-hybridized carbons (Fsp3) is 0.500. The van der Waals surface area contributed by atoms with Gasteiger partial charge in [0.1, 0.15) is 11.8 Å². The summed E-state index contributed by atoms with van der Waals surface area (Å²) >= 11 is 0. The summed E-state index contributed by atoms with van der Waals surface area (Å²) in [6.45, 7) is 0.990. The highest BCUT2D eigenvalue weighted by Gasteiger charge is 2.32. The number of piperidine rings is 1. The van der Waals surface area contributed by atoms with Crippen molar-refractivity contribution < 1.29 is 24.2 Å².